The van der Waals surface area contributed by atoms with Gasteiger partial charge in [-0.3, -0.25) is 0 Å². The van der Waals surface area contributed by atoms with Crippen molar-refractivity contribution in [2.45, 2.75) is 32.7 Å². The van der Waals surface area contributed by atoms with Crippen molar-refractivity contribution < 1.29 is 0 Å². The molecule has 0 saturated heterocycles. The molecule has 2 aromatic rings. The topological polar surface area (TPSA) is 12.0 Å². The lowest BCUT2D eigenvalue weighted by molar-refractivity contribution is 0.538. The lowest BCUT2D eigenvalue weighted by Crippen LogP contribution is -2.23. The van der Waals surface area contributed by atoms with Crippen molar-refractivity contribution in [2.75, 3.05) is 6.54 Å². The summed E-state index contributed by atoms with van der Waals surface area (Å²) in [7, 11) is 0. The Kier molecular flexibility index (Phi) is 5.42. The van der Waals surface area contributed by atoms with E-state index in [1.54, 1.807) is 0 Å². The Balaban J connectivity index is 2.12. The summed E-state index contributed by atoms with van der Waals surface area (Å²) in [4.78, 5) is 2.91. The lowest BCUT2D eigenvalue weighted by Gasteiger charge is -2.17. The highest BCUT2D eigenvalue weighted by molar-refractivity contribution is 9.11. The van der Waals surface area contributed by atoms with Crippen LogP contribution in [0, 0.1) is 6.92 Å². The number of halogens is 1. The second-order valence-electron chi connectivity index (χ2n) is 4.38. The molecule has 1 nitrogen and oxygen atoms in total. The Hall–Kier alpha value is -0.160. The van der Waals surface area contributed by atoms with Crippen LogP contribution in [-0.4, -0.2) is 6.54 Å². The fourth-order valence-corrected chi connectivity index (χ4v) is 4.51. The number of nitrogens with one attached hydrogen (secondary N) is 1. The number of hydrogen-bond acceptors (Lipinski definition) is 3. The maximum Gasteiger partial charge on any atom is 0.0701 e. The molecule has 2 heterocycles. The number of rotatable bonds is 6. The van der Waals surface area contributed by atoms with Gasteiger partial charge in [0.2, 0.25) is 0 Å². The Labute approximate surface area is 125 Å². The summed E-state index contributed by atoms with van der Waals surface area (Å²) in [5.74, 6) is 0. The summed E-state index contributed by atoms with van der Waals surface area (Å²) in [6.45, 7) is 5.50. The zero-order valence-electron chi connectivity index (χ0n) is 10.7. The molecule has 2 aromatic heterocycles. The van der Waals surface area contributed by atoms with Crippen LogP contribution >= 0.6 is 38.6 Å². The zero-order valence-corrected chi connectivity index (χ0v) is 13.9. The number of aryl methyl sites for hydroxylation is 1. The second kappa shape index (κ2) is 6.85. The zero-order chi connectivity index (χ0) is 13.0. The molecule has 2 rings (SSSR count). The Morgan fingerprint density at radius 3 is 2.72 bits per heavy atom. The van der Waals surface area contributed by atoms with E-state index in [0.717, 1.165) is 13.0 Å². The average molecular weight is 344 g/mol. The fourth-order valence-electron chi connectivity index (χ4n) is 1.98. The fraction of sp³-hybridized carbons (Fsp3) is 0.429. The van der Waals surface area contributed by atoms with Crippen LogP contribution in [0.15, 0.2) is 27.4 Å². The van der Waals surface area contributed by atoms with Gasteiger partial charge in [-0.1, -0.05) is 6.92 Å². The minimum atomic E-state index is 0.454. The van der Waals surface area contributed by atoms with Gasteiger partial charge in [-0.05, 0) is 65.0 Å². The second-order valence-corrected chi connectivity index (χ2v) is 7.88. The van der Waals surface area contributed by atoms with Gasteiger partial charge in [0.1, 0.15) is 0 Å². The monoisotopic (exact) mass is 343 g/mol. The van der Waals surface area contributed by atoms with Gasteiger partial charge < -0.3 is 5.32 Å². The highest BCUT2D eigenvalue weighted by atomic mass is 79.9. The molecule has 0 radical (unpaired) electrons. The van der Waals surface area contributed by atoms with Crippen molar-refractivity contribution in [1.29, 1.82) is 0 Å². The normalized spacial score (nSPS) is 12.8. The van der Waals surface area contributed by atoms with Crippen LogP contribution in [-0.2, 0) is 6.42 Å². The van der Waals surface area contributed by atoms with Gasteiger partial charge in [0, 0.05) is 22.2 Å². The summed E-state index contributed by atoms with van der Waals surface area (Å²) < 4.78 is 1.22. The molecule has 18 heavy (non-hydrogen) atoms. The molecule has 0 bridgehead atoms. The molecule has 4 heteroatoms. The van der Waals surface area contributed by atoms with E-state index in [2.05, 4.69) is 58.7 Å². The van der Waals surface area contributed by atoms with E-state index < -0.39 is 0 Å². The van der Waals surface area contributed by atoms with Gasteiger partial charge in [0.25, 0.3) is 0 Å². The smallest absolute Gasteiger partial charge is 0.0701 e. The molecule has 1 atom stereocenters. The standard InChI is InChI=1S/C14H18BrNS2/c1-3-7-16-12(14-10(2)6-8-17-14)9-11-4-5-13(15)18-11/h4-6,8,12,16H,3,7,9H2,1-2H3. The van der Waals surface area contributed by atoms with E-state index in [1.807, 2.05) is 22.7 Å². The summed E-state index contributed by atoms with van der Waals surface area (Å²) in [5.41, 5.74) is 1.41. The summed E-state index contributed by atoms with van der Waals surface area (Å²) in [5, 5.41) is 5.86. The lowest BCUT2D eigenvalue weighted by atomic mass is 10.1. The molecule has 0 aliphatic rings. The summed E-state index contributed by atoms with van der Waals surface area (Å²) >= 11 is 7.24. The largest absolute Gasteiger partial charge is 0.309 e. The quantitative estimate of drug-likeness (QED) is 0.763. The van der Waals surface area contributed by atoms with Gasteiger partial charge in [-0.2, -0.15) is 0 Å². The molecule has 0 saturated carbocycles. The highest BCUT2D eigenvalue weighted by Crippen LogP contribution is 2.30. The Bertz CT molecular complexity index is 489. The molecule has 0 aliphatic heterocycles. The number of hydrogen-bond donors (Lipinski definition) is 1. The molecule has 1 N–H and O–H groups in total. The Morgan fingerprint density at radius 2 is 2.17 bits per heavy atom. The average Bonchev–Trinajstić information content (AvgIpc) is 2.93. The predicted molar refractivity (Wildman–Crippen MR) is 85.8 cm³/mol. The highest BCUT2D eigenvalue weighted by Gasteiger charge is 2.16. The first-order chi connectivity index (χ1) is 8.70. The molecule has 0 amide bonds. The predicted octanol–water partition coefficient (Wildman–Crippen LogP) is 5.16. The first kappa shape index (κ1) is 14.3. The summed E-state index contributed by atoms with van der Waals surface area (Å²) in [6, 6.07) is 7.03. The van der Waals surface area contributed by atoms with Gasteiger partial charge in [0.05, 0.1) is 3.79 Å². The van der Waals surface area contributed by atoms with Crippen molar-refractivity contribution in [3.63, 3.8) is 0 Å². The van der Waals surface area contributed by atoms with E-state index in [-0.39, 0.29) is 0 Å². The van der Waals surface area contributed by atoms with Crippen LogP contribution in [0.1, 0.15) is 34.7 Å². The van der Waals surface area contributed by atoms with E-state index in [4.69, 9.17) is 0 Å². The van der Waals surface area contributed by atoms with Crippen LogP contribution in [0.25, 0.3) is 0 Å². The van der Waals surface area contributed by atoms with Gasteiger partial charge in [0.15, 0.2) is 0 Å². The van der Waals surface area contributed by atoms with Crippen LogP contribution in [0.3, 0.4) is 0 Å². The SMILES string of the molecule is CCCNC(Cc1ccc(Br)s1)c1sccc1C. The van der Waals surface area contributed by atoms with Gasteiger partial charge in [-0.25, -0.2) is 0 Å². The van der Waals surface area contributed by atoms with Crippen LogP contribution < -0.4 is 5.32 Å². The molecule has 0 spiro atoms. The first-order valence-electron chi connectivity index (χ1n) is 6.22. The summed E-state index contributed by atoms with van der Waals surface area (Å²) in [6.07, 6.45) is 2.26. The van der Waals surface area contributed by atoms with Crippen molar-refractivity contribution in [3.8, 4) is 0 Å². The van der Waals surface area contributed by atoms with Crippen molar-refractivity contribution >= 4 is 38.6 Å². The minimum absolute atomic E-state index is 0.454. The third-order valence-corrected chi connectivity index (χ3v) is 5.67. The third kappa shape index (κ3) is 3.67. The maximum atomic E-state index is 3.67. The first-order valence-corrected chi connectivity index (χ1v) is 8.71. The Morgan fingerprint density at radius 1 is 1.33 bits per heavy atom. The molecule has 0 aliphatic carbocycles. The van der Waals surface area contributed by atoms with Crippen molar-refractivity contribution in [1.82, 2.24) is 5.32 Å². The van der Waals surface area contributed by atoms with Crippen LogP contribution in [0.5, 0.6) is 0 Å². The van der Waals surface area contributed by atoms with Crippen LogP contribution in [0.2, 0.25) is 0 Å². The van der Waals surface area contributed by atoms with E-state index in [0.29, 0.717) is 6.04 Å². The minimum Gasteiger partial charge on any atom is -0.309 e. The van der Waals surface area contributed by atoms with E-state index in [1.165, 1.54) is 25.5 Å². The molecule has 0 aromatic carbocycles. The van der Waals surface area contributed by atoms with E-state index >= 15 is 0 Å². The molecule has 1 unspecified atom stereocenters. The maximum absolute atomic E-state index is 3.67. The molecule has 0 fully saturated rings. The van der Waals surface area contributed by atoms with Crippen LogP contribution in [0.4, 0.5) is 0 Å². The molecule has 98 valence electrons. The number of thiophene rings is 2. The molecular weight excluding hydrogens is 326 g/mol. The van der Waals surface area contributed by atoms with Crippen molar-refractivity contribution in [3.05, 3.63) is 42.7 Å². The van der Waals surface area contributed by atoms with E-state index in [9.17, 15) is 0 Å². The molecular formula is C14H18BrNS2. The third-order valence-electron chi connectivity index (χ3n) is 2.89. The van der Waals surface area contributed by atoms with Gasteiger partial charge in [-0.15, -0.1) is 22.7 Å². The van der Waals surface area contributed by atoms with Crippen molar-refractivity contribution in [2.24, 2.45) is 0 Å². The van der Waals surface area contributed by atoms with Gasteiger partial charge >= 0.3 is 0 Å².